The molecule has 0 saturated carbocycles. The normalized spacial score (nSPS) is 19.8. The molecule has 2 atom stereocenters. The maximum absolute atomic E-state index is 13.3. The zero-order chi connectivity index (χ0) is 17.5. The molecule has 1 amide bonds. The minimum atomic E-state index is -0.592. The predicted octanol–water partition coefficient (Wildman–Crippen LogP) is 3.95. The Bertz CT molecular complexity index is 665. The summed E-state index contributed by atoms with van der Waals surface area (Å²) in [5, 5.41) is 0. The monoisotopic (exact) mass is 343 g/mol. The molecule has 1 fully saturated rings. The molecule has 2 unspecified atom stereocenters. The topological polar surface area (TPSA) is 38.8 Å². The van der Waals surface area contributed by atoms with Gasteiger partial charge < -0.3 is 9.47 Å². The van der Waals surface area contributed by atoms with E-state index in [9.17, 15) is 9.18 Å². The lowest BCUT2D eigenvalue weighted by atomic mass is 10.2. The van der Waals surface area contributed by atoms with Crippen molar-refractivity contribution in [3.05, 3.63) is 71.8 Å². The van der Waals surface area contributed by atoms with Crippen molar-refractivity contribution in [1.29, 1.82) is 0 Å². The molecular formula is C20H22FNO3. The van der Waals surface area contributed by atoms with E-state index in [1.165, 1.54) is 4.90 Å². The van der Waals surface area contributed by atoms with Crippen molar-refractivity contribution in [1.82, 2.24) is 4.90 Å². The number of hydrogen-bond acceptors (Lipinski definition) is 3. The van der Waals surface area contributed by atoms with E-state index in [1.54, 1.807) is 0 Å². The fourth-order valence-corrected chi connectivity index (χ4v) is 2.95. The van der Waals surface area contributed by atoms with Gasteiger partial charge in [0.1, 0.15) is 13.3 Å². The lowest BCUT2D eigenvalue weighted by Gasteiger charge is -2.21. The van der Waals surface area contributed by atoms with E-state index in [2.05, 4.69) is 0 Å². The van der Waals surface area contributed by atoms with Crippen LogP contribution in [0.4, 0.5) is 9.18 Å². The van der Waals surface area contributed by atoms with E-state index in [4.69, 9.17) is 9.47 Å². The van der Waals surface area contributed by atoms with Crippen LogP contribution in [0.1, 0.15) is 17.5 Å². The van der Waals surface area contributed by atoms with Crippen LogP contribution in [-0.2, 0) is 22.7 Å². The molecule has 132 valence electrons. The smallest absolute Gasteiger partial charge is 0.410 e. The second kappa shape index (κ2) is 8.62. The molecular weight excluding hydrogens is 321 g/mol. The van der Waals surface area contributed by atoms with Crippen molar-refractivity contribution in [3.8, 4) is 0 Å². The van der Waals surface area contributed by atoms with Crippen molar-refractivity contribution in [2.75, 3.05) is 13.2 Å². The summed E-state index contributed by atoms with van der Waals surface area (Å²) >= 11 is 0. The van der Waals surface area contributed by atoms with Crippen LogP contribution < -0.4 is 0 Å². The van der Waals surface area contributed by atoms with Crippen molar-refractivity contribution in [2.24, 2.45) is 0 Å². The number of rotatable bonds is 6. The number of benzene rings is 2. The van der Waals surface area contributed by atoms with E-state index in [1.807, 2.05) is 60.7 Å². The predicted molar refractivity (Wildman–Crippen MR) is 92.7 cm³/mol. The molecule has 1 heterocycles. The molecule has 0 spiro atoms. The zero-order valence-electron chi connectivity index (χ0n) is 14.0. The minimum absolute atomic E-state index is 0.176. The highest BCUT2D eigenvalue weighted by molar-refractivity contribution is 5.68. The molecule has 4 nitrogen and oxygen atoms in total. The molecule has 0 bridgehead atoms. The lowest BCUT2D eigenvalue weighted by Crippen LogP contribution is -2.37. The molecule has 0 N–H and O–H groups in total. The average Bonchev–Trinajstić information content (AvgIpc) is 3.09. The Balaban J connectivity index is 1.51. The van der Waals surface area contributed by atoms with Gasteiger partial charge in [-0.25, -0.2) is 9.18 Å². The standard InChI is InChI=1S/C20H22FNO3/c21-12-18-11-19(24-14-16-7-3-1-4-8-16)13-22(18)20(23)25-15-17-9-5-2-6-10-17/h1-10,18-19H,11-15H2. The molecule has 0 aromatic heterocycles. The fraction of sp³-hybridized carbons (Fsp3) is 0.350. The maximum atomic E-state index is 13.3. The van der Waals surface area contributed by atoms with E-state index >= 15 is 0 Å². The summed E-state index contributed by atoms with van der Waals surface area (Å²) < 4.78 is 24.5. The highest BCUT2D eigenvalue weighted by Gasteiger charge is 2.36. The summed E-state index contributed by atoms with van der Waals surface area (Å²) in [6, 6.07) is 18.8. The lowest BCUT2D eigenvalue weighted by molar-refractivity contribution is 0.0431. The van der Waals surface area contributed by atoms with Crippen molar-refractivity contribution >= 4 is 6.09 Å². The SMILES string of the molecule is O=C(OCc1ccccc1)N1CC(OCc2ccccc2)CC1CF. The second-order valence-electron chi connectivity index (χ2n) is 6.15. The summed E-state index contributed by atoms with van der Waals surface area (Å²) in [7, 11) is 0. The van der Waals surface area contributed by atoms with Crippen LogP contribution in [0.5, 0.6) is 0 Å². The molecule has 0 radical (unpaired) electrons. The van der Waals surface area contributed by atoms with Gasteiger partial charge in [0, 0.05) is 0 Å². The Morgan fingerprint density at radius 2 is 1.60 bits per heavy atom. The van der Waals surface area contributed by atoms with Crippen LogP contribution in [0, 0.1) is 0 Å². The van der Waals surface area contributed by atoms with Crippen LogP contribution in [-0.4, -0.2) is 36.4 Å². The Hall–Kier alpha value is -2.40. The van der Waals surface area contributed by atoms with Crippen molar-refractivity contribution in [3.63, 3.8) is 0 Å². The van der Waals surface area contributed by atoms with E-state index < -0.39 is 18.8 Å². The van der Waals surface area contributed by atoms with Crippen molar-refractivity contribution < 1.29 is 18.7 Å². The maximum Gasteiger partial charge on any atom is 0.410 e. The van der Waals surface area contributed by atoms with Gasteiger partial charge in [-0.1, -0.05) is 60.7 Å². The summed E-state index contributed by atoms with van der Waals surface area (Å²) in [6.45, 7) is 0.406. The Kier molecular flexibility index (Phi) is 6.01. The first-order valence-corrected chi connectivity index (χ1v) is 8.45. The number of ether oxygens (including phenoxy) is 2. The number of halogens is 1. The van der Waals surface area contributed by atoms with Crippen molar-refractivity contribution in [2.45, 2.75) is 31.8 Å². The Labute approximate surface area is 147 Å². The molecule has 1 saturated heterocycles. The molecule has 2 aromatic rings. The third-order valence-corrected chi connectivity index (χ3v) is 4.32. The first-order valence-electron chi connectivity index (χ1n) is 8.45. The van der Waals surface area contributed by atoms with Crippen LogP contribution in [0.2, 0.25) is 0 Å². The molecule has 25 heavy (non-hydrogen) atoms. The summed E-state index contributed by atoms with van der Waals surface area (Å²) in [6.07, 6.45) is -0.174. The van der Waals surface area contributed by atoms with Crippen LogP contribution in [0.3, 0.4) is 0 Å². The van der Waals surface area contributed by atoms with Gasteiger partial charge in [-0.15, -0.1) is 0 Å². The molecule has 0 aliphatic carbocycles. The first kappa shape index (κ1) is 17.4. The van der Waals surface area contributed by atoms with Crippen LogP contribution in [0.25, 0.3) is 0 Å². The van der Waals surface area contributed by atoms with Crippen LogP contribution >= 0.6 is 0 Å². The Morgan fingerprint density at radius 3 is 2.20 bits per heavy atom. The summed E-state index contributed by atoms with van der Waals surface area (Å²) in [5.74, 6) is 0. The van der Waals surface area contributed by atoms with Gasteiger partial charge in [-0.2, -0.15) is 0 Å². The van der Waals surface area contributed by atoms with Crippen LogP contribution in [0.15, 0.2) is 60.7 Å². The number of nitrogens with zero attached hydrogens (tertiary/aromatic N) is 1. The highest BCUT2D eigenvalue weighted by atomic mass is 19.1. The van der Waals surface area contributed by atoms with Gasteiger partial charge in [0.15, 0.2) is 0 Å². The Morgan fingerprint density at radius 1 is 1.00 bits per heavy atom. The largest absolute Gasteiger partial charge is 0.445 e. The fourth-order valence-electron chi connectivity index (χ4n) is 2.95. The molecule has 2 aromatic carbocycles. The second-order valence-corrected chi connectivity index (χ2v) is 6.15. The highest BCUT2D eigenvalue weighted by Crippen LogP contribution is 2.23. The molecule has 3 rings (SSSR count). The number of likely N-dealkylation sites (tertiary alicyclic amines) is 1. The van der Waals surface area contributed by atoms with E-state index in [-0.39, 0.29) is 12.7 Å². The van der Waals surface area contributed by atoms with Gasteiger partial charge >= 0.3 is 6.09 Å². The average molecular weight is 343 g/mol. The van der Waals surface area contributed by atoms with Gasteiger partial charge in [0.2, 0.25) is 0 Å². The van der Waals surface area contributed by atoms with Gasteiger partial charge in [-0.3, -0.25) is 4.90 Å². The van der Waals surface area contributed by atoms with Gasteiger partial charge in [0.25, 0.3) is 0 Å². The quantitative estimate of drug-likeness (QED) is 0.797. The molecule has 1 aliphatic rings. The molecule has 1 aliphatic heterocycles. The number of carbonyl (C=O) groups is 1. The summed E-state index contributed by atoms with van der Waals surface area (Å²) in [5.41, 5.74) is 1.97. The van der Waals surface area contributed by atoms with E-state index in [0.29, 0.717) is 19.6 Å². The number of amides is 1. The third kappa shape index (κ3) is 4.79. The minimum Gasteiger partial charge on any atom is -0.445 e. The van der Waals surface area contributed by atoms with Gasteiger partial charge in [0.05, 0.1) is 25.3 Å². The van der Waals surface area contributed by atoms with E-state index in [0.717, 1.165) is 11.1 Å². The number of alkyl halides is 1. The number of carbonyl (C=O) groups excluding carboxylic acids is 1. The first-order chi connectivity index (χ1) is 12.3. The zero-order valence-corrected chi connectivity index (χ0v) is 14.0. The van der Waals surface area contributed by atoms with Gasteiger partial charge in [-0.05, 0) is 17.5 Å². The number of hydrogen-bond donors (Lipinski definition) is 0. The summed E-state index contributed by atoms with van der Waals surface area (Å²) in [4.78, 5) is 13.7. The molecule has 5 heteroatoms. The third-order valence-electron chi connectivity index (χ3n) is 4.32.